The lowest BCUT2D eigenvalue weighted by Crippen LogP contribution is -2.06. The Morgan fingerprint density at radius 2 is 1.67 bits per heavy atom. The molecule has 70 valence electrons. The molecule has 0 radical (unpaired) electrons. The number of ether oxygens (including phenoxy) is 3. The van der Waals surface area contributed by atoms with Gasteiger partial charge in [-0.15, -0.1) is 0 Å². The highest BCUT2D eigenvalue weighted by molar-refractivity contribution is 4.71. The molecule has 0 aliphatic carbocycles. The molecule has 2 unspecified atom stereocenters. The second kappa shape index (κ2) is 5.13. The first-order chi connectivity index (χ1) is 5.86. The van der Waals surface area contributed by atoms with Crippen LogP contribution in [0.5, 0.6) is 0 Å². The van der Waals surface area contributed by atoms with Crippen molar-refractivity contribution in [3.05, 3.63) is 12.8 Å². The summed E-state index contributed by atoms with van der Waals surface area (Å²) in [4.78, 5) is 0. The van der Waals surface area contributed by atoms with Crippen LogP contribution in [0.3, 0.4) is 0 Å². The van der Waals surface area contributed by atoms with Gasteiger partial charge in [-0.2, -0.15) is 0 Å². The van der Waals surface area contributed by atoms with Gasteiger partial charge in [0.25, 0.3) is 0 Å². The zero-order valence-electron chi connectivity index (χ0n) is 7.07. The monoisotopic (exact) mass is 173 g/mol. The maximum atomic E-state index is 5.23. The summed E-state index contributed by atoms with van der Waals surface area (Å²) < 4.78 is 15.1. The van der Waals surface area contributed by atoms with Crippen molar-refractivity contribution in [3.8, 4) is 0 Å². The lowest BCUT2D eigenvalue weighted by molar-refractivity contribution is 0.102. The minimum atomic E-state index is 0.392. The van der Waals surface area contributed by atoms with Gasteiger partial charge in [0, 0.05) is 0 Å². The predicted molar refractivity (Wildman–Crippen MR) is 44.7 cm³/mol. The molecule has 2 aliphatic heterocycles. The van der Waals surface area contributed by atoms with E-state index in [4.69, 9.17) is 14.2 Å². The fourth-order valence-corrected chi connectivity index (χ4v) is 0.659. The summed E-state index contributed by atoms with van der Waals surface area (Å²) in [7, 11) is 0. The number of nitrogens with two attached hydrogens (primary N) is 1. The Bertz CT molecular complexity index is 120. The summed E-state index contributed by atoms with van der Waals surface area (Å²) in [5.74, 6) is 0. The van der Waals surface area contributed by atoms with E-state index in [0.29, 0.717) is 12.2 Å². The summed E-state index contributed by atoms with van der Waals surface area (Å²) >= 11 is 0. The molecule has 2 heterocycles. The number of hydrogen-bond donors (Lipinski definition) is 1. The Labute approximate surface area is 72.3 Å². The molecular weight excluding hydrogens is 158 g/mol. The molecule has 2 N–H and O–H groups in total. The summed E-state index contributed by atoms with van der Waals surface area (Å²) in [5, 5.41) is 0. The summed E-state index contributed by atoms with van der Waals surface area (Å²) in [6.07, 6.45) is 2.03. The minimum absolute atomic E-state index is 0.392. The topological polar surface area (TPSA) is 60.3 Å². The van der Waals surface area contributed by atoms with Crippen molar-refractivity contribution < 1.29 is 14.2 Å². The fraction of sp³-hybridized carbons (Fsp3) is 0.750. The van der Waals surface area contributed by atoms with Crippen molar-refractivity contribution in [1.82, 2.24) is 0 Å². The Hall–Kier alpha value is -0.580. The SMILES string of the molecule is C(OCC1CO1)C1CO1.C=CN. The quantitative estimate of drug-likeness (QED) is 0.602. The van der Waals surface area contributed by atoms with E-state index >= 15 is 0 Å². The van der Waals surface area contributed by atoms with E-state index in [2.05, 4.69) is 12.3 Å². The maximum absolute atomic E-state index is 5.23. The molecule has 0 aromatic carbocycles. The molecule has 0 saturated carbocycles. The van der Waals surface area contributed by atoms with Gasteiger partial charge in [0.05, 0.1) is 26.4 Å². The average molecular weight is 173 g/mol. The fourth-order valence-electron chi connectivity index (χ4n) is 0.659. The number of epoxide rings is 2. The normalized spacial score (nSPS) is 30.0. The first kappa shape index (κ1) is 9.51. The molecule has 0 spiro atoms. The molecule has 12 heavy (non-hydrogen) atoms. The highest BCUT2D eigenvalue weighted by atomic mass is 16.6. The van der Waals surface area contributed by atoms with Gasteiger partial charge in [-0.1, -0.05) is 6.58 Å². The largest absolute Gasteiger partial charge is 0.405 e. The van der Waals surface area contributed by atoms with E-state index in [9.17, 15) is 0 Å². The molecule has 2 saturated heterocycles. The predicted octanol–water partition coefficient (Wildman–Crippen LogP) is -0.111. The lowest BCUT2D eigenvalue weighted by Gasteiger charge is -1.95. The molecule has 2 atom stereocenters. The van der Waals surface area contributed by atoms with Crippen LogP contribution in [0, 0.1) is 0 Å². The Kier molecular flexibility index (Phi) is 4.07. The van der Waals surface area contributed by atoms with E-state index in [0.717, 1.165) is 26.4 Å². The molecule has 4 nitrogen and oxygen atoms in total. The first-order valence-corrected chi connectivity index (χ1v) is 4.00. The van der Waals surface area contributed by atoms with Gasteiger partial charge < -0.3 is 19.9 Å². The van der Waals surface area contributed by atoms with Crippen LogP contribution >= 0.6 is 0 Å². The molecule has 0 aromatic rings. The van der Waals surface area contributed by atoms with Gasteiger partial charge in [-0.3, -0.25) is 0 Å². The summed E-state index contributed by atoms with van der Waals surface area (Å²) in [6, 6.07) is 0. The molecule has 0 bridgehead atoms. The average Bonchev–Trinajstić information content (AvgIpc) is 2.82. The maximum Gasteiger partial charge on any atom is 0.104 e. The molecule has 2 rings (SSSR count). The van der Waals surface area contributed by atoms with Crippen LogP contribution in [-0.2, 0) is 14.2 Å². The van der Waals surface area contributed by atoms with Crippen molar-refractivity contribution in [2.24, 2.45) is 5.73 Å². The molecule has 2 fully saturated rings. The first-order valence-electron chi connectivity index (χ1n) is 4.00. The van der Waals surface area contributed by atoms with Crippen molar-refractivity contribution in [2.75, 3.05) is 26.4 Å². The standard InChI is InChI=1S/C6H10O3.C2H5N/c1(5-3-8-5)7-2-6-4-9-6;1-2-3/h5-6H,1-4H2;2H,1,3H2. The minimum Gasteiger partial charge on any atom is -0.405 e. The molecule has 0 aromatic heterocycles. The second-order valence-electron chi connectivity index (χ2n) is 2.68. The van der Waals surface area contributed by atoms with Crippen LogP contribution in [-0.4, -0.2) is 38.6 Å². The highest BCUT2D eigenvalue weighted by Crippen LogP contribution is 2.12. The van der Waals surface area contributed by atoms with Gasteiger partial charge in [-0.05, 0) is 6.20 Å². The second-order valence-corrected chi connectivity index (χ2v) is 2.68. The van der Waals surface area contributed by atoms with E-state index < -0.39 is 0 Å². The van der Waals surface area contributed by atoms with E-state index in [1.807, 2.05) is 0 Å². The zero-order chi connectivity index (χ0) is 8.81. The van der Waals surface area contributed by atoms with Crippen molar-refractivity contribution in [2.45, 2.75) is 12.2 Å². The third-order valence-electron chi connectivity index (χ3n) is 1.41. The van der Waals surface area contributed by atoms with Crippen molar-refractivity contribution >= 4 is 0 Å². The lowest BCUT2D eigenvalue weighted by atomic mass is 10.5. The smallest absolute Gasteiger partial charge is 0.104 e. The molecule has 4 heteroatoms. The van der Waals surface area contributed by atoms with Crippen LogP contribution in [0.1, 0.15) is 0 Å². The van der Waals surface area contributed by atoms with Crippen molar-refractivity contribution in [1.29, 1.82) is 0 Å². The molecular formula is C8H15NO3. The number of hydrogen-bond acceptors (Lipinski definition) is 4. The van der Waals surface area contributed by atoms with Gasteiger partial charge >= 0.3 is 0 Å². The van der Waals surface area contributed by atoms with Crippen LogP contribution in [0.2, 0.25) is 0 Å². The van der Waals surface area contributed by atoms with Gasteiger partial charge in [0.15, 0.2) is 0 Å². The van der Waals surface area contributed by atoms with Crippen LogP contribution < -0.4 is 5.73 Å². The third kappa shape index (κ3) is 5.12. The summed E-state index contributed by atoms with van der Waals surface area (Å²) in [5.41, 5.74) is 4.61. The van der Waals surface area contributed by atoms with Crippen LogP contribution in [0.25, 0.3) is 0 Å². The molecule has 0 amide bonds. The Morgan fingerprint density at radius 3 is 1.92 bits per heavy atom. The number of rotatable bonds is 4. The van der Waals surface area contributed by atoms with Crippen molar-refractivity contribution in [3.63, 3.8) is 0 Å². The molecule has 2 aliphatic rings. The van der Waals surface area contributed by atoms with Gasteiger partial charge in [0.2, 0.25) is 0 Å². The zero-order valence-corrected chi connectivity index (χ0v) is 7.07. The van der Waals surface area contributed by atoms with Crippen LogP contribution in [0.15, 0.2) is 12.8 Å². The third-order valence-corrected chi connectivity index (χ3v) is 1.41. The Balaban J connectivity index is 0.000000213. The highest BCUT2D eigenvalue weighted by Gasteiger charge is 2.26. The van der Waals surface area contributed by atoms with E-state index in [1.54, 1.807) is 0 Å². The summed E-state index contributed by atoms with van der Waals surface area (Å²) in [6.45, 7) is 6.40. The van der Waals surface area contributed by atoms with Crippen LogP contribution in [0.4, 0.5) is 0 Å². The Morgan fingerprint density at radius 1 is 1.33 bits per heavy atom. The van der Waals surface area contributed by atoms with Gasteiger partial charge in [0.1, 0.15) is 12.2 Å². The van der Waals surface area contributed by atoms with E-state index in [-0.39, 0.29) is 0 Å². The van der Waals surface area contributed by atoms with E-state index in [1.165, 1.54) is 6.20 Å². The van der Waals surface area contributed by atoms with Gasteiger partial charge in [-0.25, -0.2) is 0 Å².